The van der Waals surface area contributed by atoms with E-state index in [9.17, 15) is 18.0 Å². The first-order valence-corrected chi connectivity index (χ1v) is 16.2. The molecule has 0 radical (unpaired) electrons. The van der Waals surface area contributed by atoms with Crippen LogP contribution in [0, 0.1) is 0 Å². The van der Waals surface area contributed by atoms with E-state index < -0.39 is 28.5 Å². The van der Waals surface area contributed by atoms with Gasteiger partial charge in [-0.2, -0.15) is 0 Å². The summed E-state index contributed by atoms with van der Waals surface area (Å²) >= 11 is 6.23. The van der Waals surface area contributed by atoms with Crippen LogP contribution in [0.4, 0.5) is 5.69 Å². The van der Waals surface area contributed by atoms with Gasteiger partial charge in [-0.1, -0.05) is 61.2 Å². The van der Waals surface area contributed by atoms with Crippen LogP contribution in [0.1, 0.15) is 51.5 Å². The molecule has 0 saturated heterocycles. The zero-order valence-corrected chi connectivity index (χ0v) is 25.6. The molecule has 4 rings (SSSR count). The maximum absolute atomic E-state index is 14.1. The van der Waals surface area contributed by atoms with Gasteiger partial charge in [0.2, 0.25) is 11.8 Å². The highest BCUT2D eigenvalue weighted by Crippen LogP contribution is 2.27. The van der Waals surface area contributed by atoms with Gasteiger partial charge in [0.05, 0.1) is 17.2 Å². The molecule has 1 aliphatic rings. The number of sulfonamides is 1. The Morgan fingerprint density at radius 1 is 0.976 bits per heavy atom. The zero-order chi connectivity index (χ0) is 30.1. The minimum absolute atomic E-state index is 0.0520. The van der Waals surface area contributed by atoms with Crippen molar-refractivity contribution in [2.45, 2.75) is 69.5 Å². The van der Waals surface area contributed by atoms with Crippen molar-refractivity contribution in [2.75, 3.05) is 17.5 Å². The largest absolute Gasteiger partial charge is 0.494 e. The van der Waals surface area contributed by atoms with Crippen LogP contribution in [-0.2, 0) is 26.2 Å². The van der Waals surface area contributed by atoms with Crippen LogP contribution < -0.4 is 14.4 Å². The third-order valence-electron chi connectivity index (χ3n) is 7.41. The molecule has 3 aromatic carbocycles. The maximum Gasteiger partial charge on any atom is 0.264 e. The SMILES string of the molecule is CCOc1ccc(N(CC(=O)N(Cc2cccc(Cl)c2)[C@@H](C)C(=O)NC2CCCCC2)S(=O)(=O)c2ccccc2)cc1. The first kappa shape index (κ1) is 31.4. The van der Waals surface area contributed by atoms with Crippen LogP contribution in [0.2, 0.25) is 5.02 Å². The zero-order valence-electron chi connectivity index (χ0n) is 24.0. The Labute approximate surface area is 253 Å². The maximum atomic E-state index is 14.1. The van der Waals surface area contributed by atoms with Crippen LogP contribution in [-0.4, -0.2) is 50.4 Å². The number of rotatable bonds is 12. The van der Waals surface area contributed by atoms with Gasteiger partial charge in [0.1, 0.15) is 18.3 Å². The fourth-order valence-electron chi connectivity index (χ4n) is 5.11. The highest BCUT2D eigenvalue weighted by molar-refractivity contribution is 7.92. The predicted molar refractivity (Wildman–Crippen MR) is 165 cm³/mol. The van der Waals surface area contributed by atoms with E-state index in [2.05, 4.69) is 5.32 Å². The van der Waals surface area contributed by atoms with Crippen LogP contribution in [0.3, 0.4) is 0 Å². The second kappa shape index (κ2) is 14.6. The summed E-state index contributed by atoms with van der Waals surface area (Å²) in [6.45, 7) is 3.57. The average Bonchev–Trinajstić information content (AvgIpc) is 3.00. The Morgan fingerprint density at radius 2 is 1.67 bits per heavy atom. The molecule has 1 N–H and O–H groups in total. The van der Waals surface area contributed by atoms with E-state index in [1.54, 1.807) is 67.6 Å². The Bertz CT molecular complexity index is 1440. The summed E-state index contributed by atoms with van der Waals surface area (Å²) < 4.78 is 34.4. The van der Waals surface area contributed by atoms with Crippen LogP contribution in [0.5, 0.6) is 5.75 Å². The number of nitrogens with one attached hydrogen (secondary N) is 1. The van der Waals surface area contributed by atoms with Crippen molar-refractivity contribution in [3.63, 3.8) is 0 Å². The lowest BCUT2D eigenvalue weighted by molar-refractivity contribution is -0.139. The van der Waals surface area contributed by atoms with Crippen LogP contribution >= 0.6 is 11.6 Å². The Balaban J connectivity index is 1.67. The molecule has 3 aromatic rings. The van der Waals surface area contributed by atoms with E-state index in [4.69, 9.17) is 16.3 Å². The molecule has 224 valence electrons. The minimum Gasteiger partial charge on any atom is -0.494 e. The summed E-state index contributed by atoms with van der Waals surface area (Å²) in [6.07, 6.45) is 5.07. The van der Waals surface area contributed by atoms with Gasteiger partial charge in [-0.15, -0.1) is 0 Å². The van der Waals surface area contributed by atoms with E-state index in [0.29, 0.717) is 23.1 Å². The molecule has 0 aliphatic heterocycles. The number of anilines is 1. The number of nitrogens with zero attached hydrogens (tertiary/aromatic N) is 2. The molecular formula is C32H38ClN3O5S. The number of ether oxygens (including phenoxy) is 1. The van der Waals surface area contributed by atoms with E-state index >= 15 is 0 Å². The lowest BCUT2D eigenvalue weighted by atomic mass is 9.95. The van der Waals surface area contributed by atoms with Crippen molar-refractivity contribution in [3.05, 3.63) is 89.4 Å². The Morgan fingerprint density at radius 3 is 2.31 bits per heavy atom. The topological polar surface area (TPSA) is 96.0 Å². The second-order valence-corrected chi connectivity index (χ2v) is 12.7. The van der Waals surface area contributed by atoms with Crippen molar-refractivity contribution >= 4 is 39.1 Å². The molecule has 0 aromatic heterocycles. The smallest absolute Gasteiger partial charge is 0.264 e. The highest BCUT2D eigenvalue weighted by Gasteiger charge is 2.33. The summed E-state index contributed by atoms with van der Waals surface area (Å²) in [4.78, 5) is 29.0. The van der Waals surface area contributed by atoms with Gasteiger partial charge in [-0.05, 0) is 80.8 Å². The van der Waals surface area contributed by atoms with E-state index in [0.717, 1.165) is 42.0 Å². The lowest BCUT2D eigenvalue weighted by Crippen LogP contribution is -2.53. The molecule has 1 atom stereocenters. The standard InChI is InChI=1S/C32H38ClN3O5S/c1-3-41-29-19-17-28(18-20-29)36(42(39,40)30-15-8-5-9-16-30)23-31(37)35(22-25-11-10-12-26(33)21-25)24(2)32(38)34-27-13-6-4-7-14-27/h5,8-12,15-21,24,27H,3-4,6-7,13-14,22-23H2,1-2H3,(H,34,38)/t24-/m0/s1. The third-order valence-corrected chi connectivity index (χ3v) is 9.43. The normalized spacial score (nSPS) is 14.5. The predicted octanol–water partition coefficient (Wildman–Crippen LogP) is 5.80. The van der Waals surface area contributed by atoms with Gasteiger partial charge in [0.15, 0.2) is 0 Å². The number of amides is 2. The first-order valence-electron chi connectivity index (χ1n) is 14.3. The second-order valence-electron chi connectivity index (χ2n) is 10.4. The monoisotopic (exact) mass is 611 g/mol. The van der Waals surface area contributed by atoms with Crippen molar-refractivity contribution in [3.8, 4) is 5.75 Å². The number of hydrogen-bond donors (Lipinski definition) is 1. The van der Waals surface area contributed by atoms with Gasteiger partial charge in [0.25, 0.3) is 10.0 Å². The van der Waals surface area contributed by atoms with Gasteiger partial charge in [-0.3, -0.25) is 13.9 Å². The fourth-order valence-corrected chi connectivity index (χ4v) is 6.76. The number of hydrogen-bond acceptors (Lipinski definition) is 5. The molecule has 10 heteroatoms. The van der Waals surface area contributed by atoms with E-state index in [-0.39, 0.29) is 23.4 Å². The fraction of sp³-hybridized carbons (Fsp3) is 0.375. The molecule has 0 heterocycles. The number of carbonyl (C=O) groups excluding carboxylic acids is 2. The molecule has 42 heavy (non-hydrogen) atoms. The molecule has 0 bridgehead atoms. The van der Waals surface area contributed by atoms with Gasteiger partial charge >= 0.3 is 0 Å². The Kier molecular flexibility index (Phi) is 10.9. The molecular weight excluding hydrogens is 574 g/mol. The van der Waals surface area contributed by atoms with E-state index in [1.165, 1.54) is 17.0 Å². The Hall–Kier alpha value is -3.56. The highest BCUT2D eigenvalue weighted by atomic mass is 35.5. The average molecular weight is 612 g/mol. The van der Waals surface area contributed by atoms with Crippen LogP contribution in [0.15, 0.2) is 83.8 Å². The molecule has 8 nitrogen and oxygen atoms in total. The molecule has 0 spiro atoms. The van der Waals surface area contributed by atoms with Gasteiger partial charge in [0, 0.05) is 17.6 Å². The molecule has 1 fully saturated rings. The summed E-state index contributed by atoms with van der Waals surface area (Å²) in [5.41, 5.74) is 1.03. The van der Waals surface area contributed by atoms with Gasteiger partial charge < -0.3 is 15.0 Å². The number of halogens is 1. The van der Waals surface area contributed by atoms with Crippen molar-refractivity contribution in [1.29, 1.82) is 0 Å². The summed E-state index contributed by atoms with van der Waals surface area (Å²) in [6, 6.07) is 20.8. The summed E-state index contributed by atoms with van der Waals surface area (Å²) in [7, 11) is -4.13. The van der Waals surface area contributed by atoms with Gasteiger partial charge in [-0.25, -0.2) is 8.42 Å². The van der Waals surface area contributed by atoms with Crippen molar-refractivity contribution < 1.29 is 22.7 Å². The number of benzene rings is 3. The summed E-state index contributed by atoms with van der Waals surface area (Å²) in [5, 5.41) is 3.61. The molecule has 1 saturated carbocycles. The van der Waals surface area contributed by atoms with Crippen molar-refractivity contribution in [2.24, 2.45) is 0 Å². The molecule has 0 unspecified atom stereocenters. The van der Waals surface area contributed by atoms with Crippen molar-refractivity contribution in [1.82, 2.24) is 10.2 Å². The quantitative estimate of drug-likeness (QED) is 0.279. The first-order chi connectivity index (χ1) is 20.2. The summed E-state index contributed by atoms with van der Waals surface area (Å²) in [5.74, 6) is -0.203. The third kappa shape index (κ3) is 8.04. The lowest BCUT2D eigenvalue weighted by Gasteiger charge is -2.33. The minimum atomic E-state index is -4.13. The van der Waals surface area contributed by atoms with Crippen LogP contribution in [0.25, 0.3) is 0 Å². The molecule has 1 aliphatic carbocycles. The number of carbonyl (C=O) groups is 2. The van der Waals surface area contributed by atoms with E-state index in [1.807, 2.05) is 13.0 Å². The molecule has 2 amide bonds.